The maximum atomic E-state index is 11.2. The average molecular weight is 252 g/mol. The van der Waals surface area contributed by atoms with Crippen molar-refractivity contribution < 1.29 is 9.90 Å². The summed E-state index contributed by atoms with van der Waals surface area (Å²) in [4.78, 5) is 16.4. The minimum atomic E-state index is -0.617. The maximum absolute atomic E-state index is 11.2. The molecule has 0 amide bonds. The highest BCUT2D eigenvalue weighted by Crippen LogP contribution is 2.35. The molecule has 2 heterocycles. The summed E-state index contributed by atoms with van der Waals surface area (Å²) in [7, 11) is 0. The zero-order valence-electron chi connectivity index (χ0n) is 11.3. The van der Waals surface area contributed by atoms with E-state index in [0.29, 0.717) is 6.04 Å². The Morgan fingerprint density at radius 2 is 1.72 bits per heavy atom. The highest BCUT2D eigenvalue weighted by Gasteiger charge is 2.41. The number of carbonyl (C=O) groups is 1. The predicted octanol–water partition coefficient (Wildman–Crippen LogP) is 1.41. The van der Waals surface area contributed by atoms with Crippen molar-refractivity contribution in [3.63, 3.8) is 0 Å². The number of rotatable bonds is 3. The fourth-order valence-corrected chi connectivity index (χ4v) is 3.43. The summed E-state index contributed by atoms with van der Waals surface area (Å²) in [5.41, 5.74) is -0.481. The van der Waals surface area contributed by atoms with E-state index in [-0.39, 0.29) is 0 Å². The standard InChI is InChI=1S/C14H24N2O2/c1-14(13(17)18)5-8-15(9-6-14)12-4-7-16(10-12)11-2-3-11/h11-12H,2-10H2,1H3,(H,17,18). The molecule has 1 N–H and O–H groups in total. The molecule has 0 aromatic rings. The average Bonchev–Trinajstić information content (AvgIpc) is 3.09. The van der Waals surface area contributed by atoms with E-state index in [1.165, 1.54) is 32.4 Å². The zero-order valence-corrected chi connectivity index (χ0v) is 11.3. The van der Waals surface area contributed by atoms with Gasteiger partial charge in [-0.1, -0.05) is 0 Å². The van der Waals surface area contributed by atoms with E-state index < -0.39 is 11.4 Å². The molecule has 1 atom stereocenters. The lowest BCUT2D eigenvalue weighted by atomic mass is 9.80. The van der Waals surface area contributed by atoms with Gasteiger partial charge in [0.15, 0.2) is 0 Å². The minimum Gasteiger partial charge on any atom is -0.481 e. The van der Waals surface area contributed by atoms with Crippen molar-refractivity contribution in [2.75, 3.05) is 26.2 Å². The van der Waals surface area contributed by atoms with Gasteiger partial charge in [0.25, 0.3) is 0 Å². The summed E-state index contributed by atoms with van der Waals surface area (Å²) in [5, 5.41) is 9.25. The molecule has 18 heavy (non-hydrogen) atoms. The van der Waals surface area contributed by atoms with Gasteiger partial charge in [0.05, 0.1) is 5.41 Å². The minimum absolute atomic E-state index is 0.481. The molecule has 102 valence electrons. The monoisotopic (exact) mass is 252 g/mol. The van der Waals surface area contributed by atoms with E-state index in [0.717, 1.165) is 32.0 Å². The van der Waals surface area contributed by atoms with Crippen LogP contribution in [-0.2, 0) is 4.79 Å². The first-order valence-corrected chi connectivity index (χ1v) is 7.30. The SMILES string of the molecule is CC1(C(=O)O)CCN(C2CCN(C3CC3)C2)CC1. The molecule has 1 unspecified atom stereocenters. The number of carboxylic acids is 1. The molecule has 0 radical (unpaired) electrons. The second-order valence-electron chi connectivity index (χ2n) is 6.57. The van der Waals surface area contributed by atoms with E-state index in [2.05, 4.69) is 9.80 Å². The Hall–Kier alpha value is -0.610. The molecular weight excluding hydrogens is 228 g/mol. The van der Waals surface area contributed by atoms with Crippen molar-refractivity contribution in [2.45, 2.75) is 51.1 Å². The van der Waals surface area contributed by atoms with Crippen molar-refractivity contribution in [3.8, 4) is 0 Å². The van der Waals surface area contributed by atoms with Crippen molar-refractivity contribution in [3.05, 3.63) is 0 Å². The molecule has 3 rings (SSSR count). The fraction of sp³-hybridized carbons (Fsp3) is 0.929. The van der Waals surface area contributed by atoms with E-state index in [1.54, 1.807) is 0 Å². The van der Waals surface area contributed by atoms with Crippen LogP contribution >= 0.6 is 0 Å². The number of hydrogen-bond acceptors (Lipinski definition) is 3. The second-order valence-corrected chi connectivity index (χ2v) is 6.57. The molecule has 0 spiro atoms. The summed E-state index contributed by atoms with van der Waals surface area (Å²) in [5.74, 6) is -0.617. The van der Waals surface area contributed by atoms with Gasteiger partial charge < -0.3 is 5.11 Å². The molecule has 0 aromatic carbocycles. The van der Waals surface area contributed by atoms with Gasteiger partial charge in [0.2, 0.25) is 0 Å². The van der Waals surface area contributed by atoms with Crippen LogP contribution in [0.15, 0.2) is 0 Å². The molecule has 4 nitrogen and oxygen atoms in total. The van der Waals surface area contributed by atoms with Crippen molar-refractivity contribution >= 4 is 5.97 Å². The van der Waals surface area contributed by atoms with Gasteiger partial charge in [-0.05, 0) is 52.1 Å². The summed E-state index contributed by atoms with van der Waals surface area (Å²) >= 11 is 0. The topological polar surface area (TPSA) is 43.8 Å². The molecule has 1 aliphatic carbocycles. The first kappa shape index (κ1) is 12.4. The zero-order chi connectivity index (χ0) is 12.8. The van der Waals surface area contributed by atoms with Crippen molar-refractivity contribution in [1.29, 1.82) is 0 Å². The van der Waals surface area contributed by atoms with Gasteiger partial charge in [-0.15, -0.1) is 0 Å². The lowest BCUT2D eigenvalue weighted by Crippen LogP contribution is -2.47. The third kappa shape index (κ3) is 2.28. The quantitative estimate of drug-likeness (QED) is 0.825. The van der Waals surface area contributed by atoms with Crippen molar-refractivity contribution in [1.82, 2.24) is 9.80 Å². The van der Waals surface area contributed by atoms with Gasteiger partial charge in [0.1, 0.15) is 0 Å². The molecule has 0 aromatic heterocycles. The molecular formula is C14H24N2O2. The van der Waals surface area contributed by atoms with Gasteiger partial charge in [-0.25, -0.2) is 0 Å². The Morgan fingerprint density at radius 1 is 1.06 bits per heavy atom. The lowest BCUT2D eigenvalue weighted by molar-refractivity contribution is -0.151. The van der Waals surface area contributed by atoms with E-state index in [1.807, 2.05) is 6.92 Å². The number of carboxylic acid groups (broad SMARTS) is 1. The fourth-order valence-electron chi connectivity index (χ4n) is 3.43. The predicted molar refractivity (Wildman–Crippen MR) is 69.5 cm³/mol. The molecule has 2 saturated heterocycles. The smallest absolute Gasteiger partial charge is 0.309 e. The van der Waals surface area contributed by atoms with Crippen molar-refractivity contribution in [2.24, 2.45) is 5.41 Å². The van der Waals surface area contributed by atoms with Crippen LogP contribution in [0.1, 0.15) is 39.0 Å². The van der Waals surface area contributed by atoms with Gasteiger partial charge in [-0.3, -0.25) is 14.6 Å². The summed E-state index contributed by atoms with van der Waals surface area (Å²) in [6, 6.07) is 1.56. The van der Waals surface area contributed by atoms with Crippen LogP contribution in [0.25, 0.3) is 0 Å². The third-order valence-corrected chi connectivity index (χ3v) is 5.19. The molecule has 2 aliphatic heterocycles. The summed E-state index contributed by atoms with van der Waals surface area (Å²) in [6.45, 7) is 6.30. The maximum Gasteiger partial charge on any atom is 0.309 e. The van der Waals surface area contributed by atoms with Crippen LogP contribution in [0.2, 0.25) is 0 Å². The van der Waals surface area contributed by atoms with Crippen LogP contribution in [-0.4, -0.2) is 59.1 Å². The van der Waals surface area contributed by atoms with E-state index in [4.69, 9.17) is 0 Å². The number of aliphatic carboxylic acids is 1. The molecule has 3 fully saturated rings. The Morgan fingerprint density at radius 3 is 2.28 bits per heavy atom. The van der Waals surface area contributed by atoms with Gasteiger partial charge >= 0.3 is 5.97 Å². The highest BCUT2D eigenvalue weighted by atomic mass is 16.4. The Kier molecular flexibility index (Phi) is 3.10. The highest BCUT2D eigenvalue weighted by molar-refractivity contribution is 5.74. The van der Waals surface area contributed by atoms with Crippen LogP contribution in [0.5, 0.6) is 0 Å². The molecule has 3 aliphatic rings. The van der Waals surface area contributed by atoms with E-state index in [9.17, 15) is 9.90 Å². The summed E-state index contributed by atoms with van der Waals surface area (Å²) in [6.07, 6.45) is 5.68. The third-order valence-electron chi connectivity index (χ3n) is 5.19. The van der Waals surface area contributed by atoms with Crippen LogP contribution in [0, 0.1) is 5.41 Å². The van der Waals surface area contributed by atoms with Crippen LogP contribution in [0.3, 0.4) is 0 Å². The summed E-state index contributed by atoms with van der Waals surface area (Å²) < 4.78 is 0. The first-order chi connectivity index (χ1) is 8.58. The normalized spacial score (nSPS) is 33.7. The number of hydrogen-bond donors (Lipinski definition) is 1. The number of likely N-dealkylation sites (tertiary alicyclic amines) is 2. The van der Waals surface area contributed by atoms with Gasteiger partial charge in [0, 0.05) is 25.2 Å². The van der Waals surface area contributed by atoms with Gasteiger partial charge in [-0.2, -0.15) is 0 Å². The number of piperidine rings is 1. The lowest BCUT2D eigenvalue weighted by Gasteiger charge is -2.39. The Balaban J connectivity index is 1.52. The first-order valence-electron chi connectivity index (χ1n) is 7.30. The van der Waals surface area contributed by atoms with Crippen LogP contribution in [0.4, 0.5) is 0 Å². The van der Waals surface area contributed by atoms with Crippen LogP contribution < -0.4 is 0 Å². The molecule has 0 bridgehead atoms. The second kappa shape index (κ2) is 4.49. The molecule has 1 saturated carbocycles. The van der Waals surface area contributed by atoms with E-state index >= 15 is 0 Å². The Labute approximate surface area is 109 Å². The molecule has 4 heteroatoms. The number of nitrogens with zero attached hydrogens (tertiary/aromatic N) is 2. The Bertz CT molecular complexity index is 333. The largest absolute Gasteiger partial charge is 0.481 e.